The Morgan fingerprint density at radius 3 is 2.58 bits per heavy atom. The second-order valence-electron chi connectivity index (χ2n) is 9.66. The molecule has 3 aromatic carbocycles. The molecule has 188 valence electrons. The van der Waals surface area contributed by atoms with Gasteiger partial charge in [-0.15, -0.1) is 0 Å². The maximum Gasteiger partial charge on any atom is 0.323 e. The highest BCUT2D eigenvalue weighted by molar-refractivity contribution is 6.30. The number of hydrogen-bond donors (Lipinski definition) is 1. The lowest BCUT2D eigenvalue weighted by molar-refractivity contribution is -0.144. The van der Waals surface area contributed by atoms with Crippen molar-refractivity contribution in [1.29, 1.82) is 0 Å². The molecule has 36 heavy (non-hydrogen) atoms. The minimum absolute atomic E-state index is 0.0877. The van der Waals surface area contributed by atoms with Gasteiger partial charge in [0.05, 0.1) is 11.4 Å². The van der Waals surface area contributed by atoms with Gasteiger partial charge in [0, 0.05) is 19.4 Å². The lowest BCUT2D eigenvalue weighted by Crippen LogP contribution is -2.38. The summed E-state index contributed by atoms with van der Waals surface area (Å²) in [6.45, 7) is 3.97. The normalized spacial score (nSPS) is 16.3. The van der Waals surface area contributed by atoms with E-state index in [9.17, 15) is 19.1 Å². The number of ether oxygens (including phenoxy) is 1. The second kappa shape index (κ2) is 10.7. The Balaban J connectivity index is 1.42. The summed E-state index contributed by atoms with van der Waals surface area (Å²) in [5.41, 5.74) is 4.23. The first-order valence-electron chi connectivity index (χ1n) is 11.9. The third-order valence-electron chi connectivity index (χ3n) is 6.55. The van der Waals surface area contributed by atoms with Crippen LogP contribution in [-0.4, -0.2) is 40.6 Å². The average Bonchev–Trinajstić information content (AvgIpc) is 3.14. The second-order valence-corrected chi connectivity index (χ2v) is 10.1. The molecule has 0 aliphatic carbocycles. The lowest BCUT2D eigenvalue weighted by Gasteiger charge is -2.24. The molecule has 0 radical (unpaired) electrons. The molecule has 0 fully saturated rings. The number of amides is 1. The van der Waals surface area contributed by atoms with Crippen molar-refractivity contribution >= 4 is 23.5 Å². The van der Waals surface area contributed by atoms with Gasteiger partial charge in [0.15, 0.2) is 0 Å². The van der Waals surface area contributed by atoms with Crippen LogP contribution in [0.1, 0.15) is 34.7 Å². The van der Waals surface area contributed by atoms with Crippen LogP contribution in [0.3, 0.4) is 0 Å². The van der Waals surface area contributed by atoms with Gasteiger partial charge in [-0.2, -0.15) is 0 Å². The summed E-state index contributed by atoms with van der Waals surface area (Å²) >= 11 is 5.80. The molecule has 1 heterocycles. The Hall–Kier alpha value is -3.38. The van der Waals surface area contributed by atoms with Crippen LogP contribution >= 0.6 is 11.6 Å². The van der Waals surface area contributed by atoms with Crippen LogP contribution < -0.4 is 4.74 Å². The van der Waals surface area contributed by atoms with E-state index in [-0.39, 0.29) is 23.9 Å². The van der Waals surface area contributed by atoms with Crippen LogP contribution in [0.4, 0.5) is 4.39 Å². The highest BCUT2D eigenvalue weighted by Crippen LogP contribution is 2.38. The maximum atomic E-state index is 13.9. The van der Waals surface area contributed by atoms with E-state index in [1.807, 2.05) is 56.3 Å². The number of aliphatic carboxylic acids is 1. The number of nitrogens with zero attached hydrogens (tertiary/aromatic N) is 1. The minimum atomic E-state index is -1.04. The first kappa shape index (κ1) is 25.7. The van der Waals surface area contributed by atoms with Crippen molar-refractivity contribution in [3.63, 3.8) is 0 Å². The van der Waals surface area contributed by atoms with Gasteiger partial charge in [-0.05, 0) is 66.3 Å². The number of carboxylic acids is 1. The van der Waals surface area contributed by atoms with Gasteiger partial charge in [0.2, 0.25) is 5.91 Å². The zero-order chi connectivity index (χ0) is 25.9. The van der Waals surface area contributed by atoms with Crippen LogP contribution in [0.2, 0.25) is 5.02 Å². The largest absolute Gasteiger partial charge is 0.487 e. The molecule has 1 amide bonds. The van der Waals surface area contributed by atoms with Crippen molar-refractivity contribution < 1.29 is 23.8 Å². The van der Waals surface area contributed by atoms with Crippen LogP contribution in [0.5, 0.6) is 5.75 Å². The van der Waals surface area contributed by atoms with E-state index >= 15 is 0 Å². The van der Waals surface area contributed by atoms with E-state index in [2.05, 4.69) is 0 Å². The zero-order valence-corrected chi connectivity index (χ0v) is 21.1. The van der Waals surface area contributed by atoms with Gasteiger partial charge in [0.1, 0.15) is 23.7 Å². The molecule has 5 nitrogen and oxygen atoms in total. The molecule has 0 unspecified atom stereocenters. The quantitative estimate of drug-likeness (QED) is 0.418. The molecule has 0 saturated carbocycles. The van der Waals surface area contributed by atoms with Gasteiger partial charge < -0.3 is 14.7 Å². The van der Waals surface area contributed by atoms with Gasteiger partial charge >= 0.3 is 5.97 Å². The van der Waals surface area contributed by atoms with Crippen molar-refractivity contribution in [1.82, 2.24) is 4.90 Å². The van der Waals surface area contributed by atoms with E-state index < -0.39 is 17.4 Å². The van der Waals surface area contributed by atoms with Crippen LogP contribution in [0.15, 0.2) is 60.7 Å². The predicted octanol–water partition coefficient (Wildman–Crippen LogP) is 5.42. The molecule has 0 aromatic heterocycles. The standard InChI is InChI=1S/C29H29ClFNO4/c1-19-5-3-4-6-22(19)11-12-32(18-28(34)35)27(33)15-20-8-10-26-23(13-20)17-29(2,36-26)16-21-7-9-24(30)25(31)14-21/h3-10,13-14H,11-12,15-18H2,1-2H3,(H,34,35)/t29-/m0/s1. The molecule has 1 atom stereocenters. The zero-order valence-electron chi connectivity index (χ0n) is 20.4. The minimum Gasteiger partial charge on any atom is -0.487 e. The highest BCUT2D eigenvalue weighted by atomic mass is 35.5. The van der Waals surface area contributed by atoms with Crippen LogP contribution in [0.25, 0.3) is 0 Å². The molecule has 0 spiro atoms. The number of rotatable bonds is 9. The molecule has 1 aliphatic heterocycles. The predicted molar refractivity (Wildman–Crippen MR) is 137 cm³/mol. The first-order chi connectivity index (χ1) is 17.1. The summed E-state index contributed by atoms with van der Waals surface area (Å²) in [6, 6.07) is 18.3. The summed E-state index contributed by atoms with van der Waals surface area (Å²) < 4.78 is 20.1. The lowest BCUT2D eigenvalue weighted by atomic mass is 9.91. The summed E-state index contributed by atoms with van der Waals surface area (Å²) in [5.74, 6) is -0.985. The SMILES string of the molecule is Cc1ccccc1CCN(CC(=O)O)C(=O)Cc1ccc2c(c1)C[C@](C)(Cc1ccc(Cl)c(F)c1)O2. The number of carbonyl (C=O) groups is 2. The van der Waals surface area contributed by atoms with E-state index in [0.29, 0.717) is 25.8 Å². The highest BCUT2D eigenvalue weighted by Gasteiger charge is 2.35. The van der Waals surface area contributed by atoms with Crippen molar-refractivity contribution in [3.05, 3.63) is 99.3 Å². The fourth-order valence-electron chi connectivity index (χ4n) is 4.75. The molecular weight excluding hydrogens is 481 g/mol. The number of halogens is 2. The smallest absolute Gasteiger partial charge is 0.323 e. The first-order valence-corrected chi connectivity index (χ1v) is 12.3. The van der Waals surface area contributed by atoms with E-state index in [1.54, 1.807) is 12.1 Å². The maximum absolute atomic E-state index is 13.9. The van der Waals surface area contributed by atoms with Crippen molar-refractivity contribution in [3.8, 4) is 5.75 Å². The third-order valence-corrected chi connectivity index (χ3v) is 6.86. The molecule has 1 aliphatic rings. The summed E-state index contributed by atoms with van der Waals surface area (Å²) in [4.78, 5) is 25.9. The van der Waals surface area contributed by atoms with Crippen molar-refractivity contribution in [2.75, 3.05) is 13.1 Å². The van der Waals surface area contributed by atoms with E-state index in [4.69, 9.17) is 16.3 Å². The topological polar surface area (TPSA) is 66.8 Å². The number of benzene rings is 3. The Morgan fingerprint density at radius 1 is 1.11 bits per heavy atom. The number of hydrogen-bond acceptors (Lipinski definition) is 3. The van der Waals surface area contributed by atoms with Gasteiger partial charge in [0.25, 0.3) is 0 Å². The summed E-state index contributed by atoms with van der Waals surface area (Å²) in [6.07, 6.45) is 1.82. The number of carboxylic acid groups (broad SMARTS) is 1. The summed E-state index contributed by atoms with van der Waals surface area (Å²) in [7, 11) is 0. The Bertz CT molecular complexity index is 1290. The molecule has 3 aromatic rings. The molecule has 7 heteroatoms. The average molecular weight is 510 g/mol. The monoisotopic (exact) mass is 509 g/mol. The Labute approximate surface area is 215 Å². The van der Waals surface area contributed by atoms with Gasteiger partial charge in [-0.25, -0.2) is 4.39 Å². The van der Waals surface area contributed by atoms with Gasteiger partial charge in [-0.3, -0.25) is 9.59 Å². The third kappa shape index (κ3) is 6.24. The van der Waals surface area contributed by atoms with E-state index in [1.165, 1.54) is 11.0 Å². The van der Waals surface area contributed by atoms with E-state index in [0.717, 1.165) is 33.6 Å². The fourth-order valence-corrected chi connectivity index (χ4v) is 4.87. The van der Waals surface area contributed by atoms with Crippen LogP contribution in [0, 0.1) is 12.7 Å². The number of carbonyl (C=O) groups excluding carboxylic acids is 1. The van der Waals surface area contributed by atoms with Crippen LogP contribution in [-0.2, 0) is 35.3 Å². The summed E-state index contributed by atoms with van der Waals surface area (Å²) in [5, 5.41) is 9.43. The molecule has 0 saturated heterocycles. The molecule has 0 bridgehead atoms. The fraction of sp³-hybridized carbons (Fsp3) is 0.310. The number of fused-ring (bicyclic) bond motifs is 1. The van der Waals surface area contributed by atoms with Gasteiger partial charge in [-0.1, -0.05) is 54.1 Å². The Kier molecular flexibility index (Phi) is 7.65. The van der Waals surface area contributed by atoms with Crippen molar-refractivity contribution in [2.24, 2.45) is 0 Å². The molecular formula is C29H29ClFNO4. The number of aryl methyl sites for hydroxylation is 1. The van der Waals surface area contributed by atoms with Crippen molar-refractivity contribution in [2.45, 2.75) is 45.1 Å². The molecule has 4 rings (SSSR count). The Morgan fingerprint density at radius 2 is 1.86 bits per heavy atom. The molecule has 1 N–H and O–H groups in total.